The summed E-state index contributed by atoms with van der Waals surface area (Å²) >= 11 is 0. The van der Waals surface area contributed by atoms with Gasteiger partial charge in [-0.05, 0) is 23.8 Å². The fourth-order valence-electron chi connectivity index (χ4n) is 3.95. The van der Waals surface area contributed by atoms with Crippen molar-refractivity contribution in [3.63, 3.8) is 0 Å². The highest BCUT2D eigenvalue weighted by Crippen LogP contribution is 2.33. The largest absolute Gasteiger partial charge is 0.416 e. The van der Waals surface area contributed by atoms with Crippen LogP contribution >= 0.6 is 0 Å². The Kier molecular flexibility index (Phi) is 6.89. The van der Waals surface area contributed by atoms with Gasteiger partial charge in [0.1, 0.15) is 11.6 Å². The van der Waals surface area contributed by atoms with Crippen LogP contribution in [0.1, 0.15) is 22.7 Å². The molecule has 0 saturated carbocycles. The molecule has 1 aromatic heterocycles. The van der Waals surface area contributed by atoms with Crippen LogP contribution in [0.3, 0.4) is 0 Å². The molecule has 4 rings (SSSR count). The van der Waals surface area contributed by atoms with E-state index in [2.05, 4.69) is 0 Å². The van der Waals surface area contributed by atoms with Crippen LogP contribution in [0.2, 0.25) is 0 Å². The van der Waals surface area contributed by atoms with Gasteiger partial charge in [0.2, 0.25) is 0 Å². The lowest BCUT2D eigenvalue weighted by Gasteiger charge is -2.19. The summed E-state index contributed by atoms with van der Waals surface area (Å²) in [4.78, 5) is 26.6. The summed E-state index contributed by atoms with van der Waals surface area (Å²) in [5.41, 5.74) is 2.41. The fourth-order valence-corrected chi connectivity index (χ4v) is 3.95. The molecule has 1 heterocycles. The summed E-state index contributed by atoms with van der Waals surface area (Å²) in [6.45, 7) is -1.18. The molecule has 0 radical (unpaired) electrons. The van der Waals surface area contributed by atoms with Gasteiger partial charge in [-0.2, -0.15) is 13.2 Å². The Balaban J connectivity index is 1.91. The number of nitrogens with zero attached hydrogens (tertiary/aromatic N) is 2. The monoisotopic (exact) mass is 501 g/mol. The van der Waals surface area contributed by atoms with Crippen molar-refractivity contribution in [1.82, 2.24) is 9.13 Å². The number of alkyl halides is 3. The van der Waals surface area contributed by atoms with Gasteiger partial charge in [-0.25, -0.2) is 13.6 Å². The summed E-state index contributed by atoms with van der Waals surface area (Å²) in [6, 6.07) is 15.4. The lowest BCUT2D eigenvalue weighted by molar-refractivity contribution is -0.138. The molecule has 0 amide bonds. The van der Waals surface area contributed by atoms with E-state index in [1.807, 2.05) is 0 Å². The van der Waals surface area contributed by atoms with Crippen molar-refractivity contribution in [3.05, 3.63) is 128 Å². The minimum Gasteiger partial charge on any atom is -0.322 e. The summed E-state index contributed by atoms with van der Waals surface area (Å²) in [6.07, 6.45) is -3.94. The van der Waals surface area contributed by atoms with Crippen molar-refractivity contribution in [2.45, 2.75) is 25.3 Å². The molecule has 5 nitrogen and oxygen atoms in total. The highest BCUT2D eigenvalue weighted by Gasteiger charge is 2.34. The third kappa shape index (κ3) is 4.99. The number of hydrogen-bond acceptors (Lipinski definition) is 3. The van der Waals surface area contributed by atoms with Gasteiger partial charge in [-0.1, -0.05) is 54.6 Å². The summed E-state index contributed by atoms with van der Waals surface area (Å²) in [5, 5.41) is 0. The molecular weight excluding hydrogens is 481 g/mol. The van der Waals surface area contributed by atoms with Crippen molar-refractivity contribution >= 4 is 0 Å². The predicted molar refractivity (Wildman–Crippen MR) is 124 cm³/mol. The Labute approximate surface area is 201 Å². The lowest BCUT2D eigenvalue weighted by Crippen LogP contribution is -2.43. The Bertz CT molecular complexity index is 1510. The van der Waals surface area contributed by atoms with E-state index in [1.165, 1.54) is 18.2 Å². The number of nitrogens with two attached hydrogens (primary N) is 1. The van der Waals surface area contributed by atoms with E-state index in [9.17, 15) is 31.5 Å². The third-order valence-corrected chi connectivity index (χ3v) is 5.76. The number of aromatic nitrogens is 2. The molecule has 36 heavy (non-hydrogen) atoms. The minimum absolute atomic E-state index is 0.164. The molecule has 0 aliphatic carbocycles. The predicted octanol–water partition coefficient (Wildman–Crippen LogP) is 4.72. The van der Waals surface area contributed by atoms with Crippen molar-refractivity contribution in [3.8, 4) is 11.1 Å². The first kappa shape index (κ1) is 25.1. The molecule has 0 fully saturated rings. The van der Waals surface area contributed by atoms with Crippen LogP contribution in [-0.4, -0.2) is 9.13 Å². The molecular formula is C26H20F5N3O2. The second-order valence-electron chi connectivity index (χ2n) is 8.13. The van der Waals surface area contributed by atoms with Crippen LogP contribution < -0.4 is 17.0 Å². The first-order valence-electron chi connectivity index (χ1n) is 10.8. The Morgan fingerprint density at radius 1 is 0.806 bits per heavy atom. The maximum Gasteiger partial charge on any atom is 0.416 e. The zero-order chi connectivity index (χ0) is 26.0. The van der Waals surface area contributed by atoms with E-state index in [4.69, 9.17) is 5.73 Å². The van der Waals surface area contributed by atoms with E-state index in [0.717, 1.165) is 33.5 Å². The molecule has 3 aromatic carbocycles. The maximum absolute atomic E-state index is 14.6. The van der Waals surface area contributed by atoms with Gasteiger partial charge in [0.05, 0.1) is 24.2 Å². The molecule has 186 valence electrons. The van der Waals surface area contributed by atoms with Crippen molar-refractivity contribution < 1.29 is 22.0 Å². The quantitative estimate of drug-likeness (QED) is 0.389. The lowest BCUT2D eigenvalue weighted by atomic mass is 10.1. The number of halogens is 5. The van der Waals surface area contributed by atoms with Crippen LogP contribution in [-0.2, 0) is 19.3 Å². The van der Waals surface area contributed by atoms with Gasteiger partial charge in [0, 0.05) is 23.4 Å². The van der Waals surface area contributed by atoms with Crippen LogP contribution in [0.25, 0.3) is 11.1 Å². The number of benzene rings is 3. The average Bonchev–Trinajstić information content (AvgIpc) is 2.85. The topological polar surface area (TPSA) is 70.0 Å². The van der Waals surface area contributed by atoms with Crippen molar-refractivity contribution in [2.24, 2.45) is 5.73 Å². The highest BCUT2D eigenvalue weighted by molar-refractivity contribution is 5.62. The SMILES string of the molecule is N[C@@H](Cn1c(=O)c(-c2ccccc2F)cn(Cc2c(F)cccc2C(F)(F)F)c1=O)c1ccccc1. The maximum atomic E-state index is 14.6. The first-order valence-corrected chi connectivity index (χ1v) is 10.8. The molecule has 10 heteroatoms. The number of rotatable bonds is 6. The van der Waals surface area contributed by atoms with E-state index in [1.54, 1.807) is 30.3 Å². The first-order chi connectivity index (χ1) is 17.1. The normalized spacial score (nSPS) is 12.5. The van der Waals surface area contributed by atoms with E-state index in [0.29, 0.717) is 11.6 Å². The van der Waals surface area contributed by atoms with E-state index in [-0.39, 0.29) is 17.7 Å². The second-order valence-corrected chi connectivity index (χ2v) is 8.13. The molecule has 2 N–H and O–H groups in total. The Morgan fingerprint density at radius 2 is 1.44 bits per heavy atom. The van der Waals surface area contributed by atoms with Crippen LogP contribution in [0.15, 0.2) is 88.6 Å². The molecule has 1 atom stereocenters. The van der Waals surface area contributed by atoms with Gasteiger partial charge in [-0.15, -0.1) is 0 Å². The second kappa shape index (κ2) is 9.90. The van der Waals surface area contributed by atoms with Gasteiger partial charge in [0.25, 0.3) is 5.56 Å². The van der Waals surface area contributed by atoms with Crippen LogP contribution in [0.5, 0.6) is 0 Å². The van der Waals surface area contributed by atoms with Crippen LogP contribution in [0, 0.1) is 11.6 Å². The molecule has 0 spiro atoms. The van der Waals surface area contributed by atoms with Crippen molar-refractivity contribution in [2.75, 3.05) is 0 Å². The molecule has 0 aliphatic rings. The Morgan fingerprint density at radius 3 is 2.11 bits per heavy atom. The molecule has 0 bridgehead atoms. The van der Waals surface area contributed by atoms with E-state index >= 15 is 0 Å². The van der Waals surface area contributed by atoms with Gasteiger partial charge >= 0.3 is 11.9 Å². The summed E-state index contributed by atoms with van der Waals surface area (Å²) in [7, 11) is 0. The highest BCUT2D eigenvalue weighted by atomic mass is 19.4. The fraction of sp³-hybridized carbons (Fsp3) is 0.154. The van der Waals surface area contributed by atoms with Gasteiger partial charge in [0.15, 0.2) is 0 Å². The summed E-state index contributed by atoms with van der Waals surface area (Å²) in [5.74, 6) is -1.96. The van der Waals surface area contributed by atoms with Gasteiger partial charge in [-0.3, -0.25) is 13.9 Å². The molecule has 0 saturated heterocycles. The summed E-state index contributed by atoms with van der Waals surface area (Å²) < 4.78 is 71.3. The molecule has 4 aromatic rings. The zero-order valence-electron chi connectivity index (χ0n) is 18.7. The average molecular weight is 501 g/mol. The zero-order valence-corrected chi connectivity index (χ0v) is 18.7. The Hall–Kier alpha value is -4.05. The van der Waals surface area contributed by atoms with Crippen molar-refractivity contribution in [1.29, 1.82) is 0 Å². The standard InChI is InChI=1S/C26H20F5N3O2/c27-21-11-5-4-9-17(21)18-13-33(14-19-20(26(29,30)31)10-6-12-22(19)28)25(36)34(24(18)35)15-23(32)16-7-2-1-3-8-16/h1-13,23H,14-15,32H2/t23-/m0/s1. The van der Waals surface area contributed by atoms with Crippen LogP contribution in [0.4, 0.5) is 22.0 Å². The number of hydrogen-bond donors (Lipinski definition) is 1. The molecule has 0 unspecified atom stereocenters. The smallest absolute Gasteiger partial charge is 0.322 e. The molecule has 0 aliphatic heterocycles. The van der Waals surface area contributed by atoms with E-state index < -0.39 is 52.8 Å². The third-order valence-electron chi connectivity index (χ3n) is 5.76. The van der Waals surface area contributed by atoms with Gasteiger partial charge < -0.3 is 5.73 Å². The minimum atomic E-state index is -4.89.